The highest BCUT2D eigenvalue weighted by Gasteiger charge is 2.35. The number of ether oxygens (including phenoxy) is 1. The van der Waals surface area contributed by atoms with E-state index >= 15 is 0 Å². The van der Waals surface area contributed by atoms with Gasteiger partial charge in [0.1, 0.15) is 11.4 Å². The second-order valence-electron chi connectivity index (χ2n) is 4.98. The average molecular weight is 251 g/mol. The van der Waals surface area contributed by atoms with Gasteiger partial charge in [0.05, 0.1) is 6.26 Å². The molecule has 0 radical (unpaired) electrons. The molecule has 4 nitrogen and oxygen atoms in total. The second kappa shape index (κ2) is 6.05. The van der Waals surface area contributed by atoms with Gasteiger partial charge >= 0.3 is 0 Å². The molecule has 0 spiro atoms. The van der Waals surface area contributed by atoms with Crippen molar-refractivity contribution in [1.82, 2.24) is 5.32 Å². The van der Waals surface area contributed by atoms with Crippen molar-refractivity contribution in [2.24, 2.45) is 0 Å². The van der Waals surface area contributed by atoms with Gasteiger partial charge in [0.2, 0.25) is 0 Å². The Morgan fingerprint density at radius 1 is 1.50 bits per heavy atom. The average Bonchev–Trinajstić information content (AvgIpc) is 2.88. The molecule has 1 aliphatic heterocycles. The number of furan rings is 1. The summed E-state index contributed by atoms with van der Waals surface area (Å²) in [6, 6.07) is 3.83. The highest BCUT2D eigenvalue weighted by molar-refractivity contribution is 5.84. The Balaban J connectivity index is 1.68. The minimum atomic E-state index is -0.622. The van der Waals surface area contributed by atoms with Crippen LogP contribution in [0, 0.1) is 0 Å². The standard InChI is InChI=1S/C14H21NO3/c1-14(8-2-3-11-18-14)13(16)15-9-4-6-12-7-5-10-17-12/h5,7,10H,2-4,6,8-9,11H2,1H3,(H,15,16)/t14-/m0/s1. The maximum atomic E-state index is 12.0. The number of hydrogen-bond donors (Lipinski definition) is 1. The first-order valence-electron chi connectivity index (χ1n) is 6.65. The van der Waals surface area contributed by atoms with Crippen LogP contribution < -0.4 is 5.32 Å². The Morgan fingerprint density at radius 2 is 2.39 bits per heavy atom. The summed E-state index contributed by atoms with van der Waals surface area (Å²) < 4.78 is 10.8. The van der Waals surface area contributed by atoms with E-state index in [1.54, 1.807) is 6.26 Å². The van der Waals surface area contributed by atoms with E-state index in [1.165, 1.54) is 0 Å². The molecule has 2 rings (SSSR count). The number of rotatable bonds is 5. The van der Waals surface area contributed by atoms with Gasteiger partial charge in [0, 0.05) is 19.6 Å². The third kappa shape index (κ3) is 3.35. The highest BCUT2D eigenvalue weighted by Crippen LogP contribution is 2.24. The molecule has 1 saturated heterocycles. The highest BCUT2D eigenvalue weighted by atomic mass is 16.5. The van der Waals surface area contributed by atoms with E-state index in [0.29, 0.717) is 13.2 Å². The molecule has 1 aliphatic rings. The lowest BCUT2D eigenvalue weighted by atomic mass is 9.95. The molecule has 0 saturated carbocycles. The fourth-order valence-electron chi connectivity index (χ4n) is 2.22. The van der Waals surface area contributed by atoms with Crippen LogP contribution in [0.4, 0.5) is 0 Å². The quantitative estimate of drug-likeness (QED) is 0.817. The van der Waals surface area contributed by atoms with E-state index in [2.05, 4.69) is 5.32 Å². The van der Waals surface area contributed by atoms with Crippen LogP contribution in [0.5, 0.6) is 0 Å². The molecule has 0 aromatic carbocycles. The summed E-state index contributed by atoms with van der Waals surface area (Å²) >= 11 is 0. The molecule has 1 aromatic heterocycles. The Bertz CT molecular complexity index is 366. The van der Waals surface area contributed by atoms with Gasteiger partial charge in [0.15, 0.2) is 0 Å². The molecule has 2 heterocycles. The zero-order chi connectivity index (χ0) is 12.8. The maximum absolute atomic E-state index is 12.0. The van der Waals surface area contributed by atoms with Crippen LogP contribution in [-0.4, -0.2) is 24.7 Å². The molecule has 0 aliphatic carbocycles. The molecule has 1 amide bonds. The third-order valence-electron chi connectivity index (χ3n) is 3.41. The van der Waals surface area contributed by atoms with Crippen LogP contribution in [0.25, 0.3) is 0 Å². The summed E-state index contributed by atoms with van der Waals surface area (Å²) in [5, 5.41) is 2.95. The predicted molar refractivity (Wildman–Crippen MR) is 68.2 cm³/mol. The molecule has 0 unspecified atom stereocenters. The van der Waals surface area contributed by atoms with E-state index in [9.17, 15) is 4.79 Å². The molecule has 1 N–H and O–H groups in total. The fraction of sp³-hybridized carbons (Fsp3) is 0.643. The number of aryl methyl sites for hydroxylation is 1. The SMILES string of the molecule is C[C@@]1(C(=O)NCCCc2ccco2)CCCCO1. The summed E-state index contributed by atoms with van der Waals surface area (Å²) in [6.07, 6.45) is 6.35. The van der Waals surface area contributed by atoms with Gasteiger partial charge in [-0.25, -0.2) is 0 Å². The zero-order valence-electron chi connectivity index (χ0n) is 10.9. The van der Waals surface area contributed by atoms with Crippen molar-refractivity contribution < 1.29 is 13.9 Å². The van der Waals surface area contributed by atoms with Crippen molar-refractivity contribution in [1.29, 1.82) is 0 Å². The van der Waals surface area contributed by atoms with Crippen LogP contribution in [0.15, 0.2) is 22.8 Å². The number of carbonyl (C=O) groups excluding carboxylic acids is 1. The lowest BCUT2D eigenvalue weighted by Gasteiger charge is -2.32. The van der Waals surface area contributed by atoms with Crippen LogP contribution >= 0.6 is 0 Å². The Labute approximate surface area is 108 Å². The fourth-order valence-corrected chi connectivity index (χ4v) is 2.22. The van der Waals surface area contributed by atoms with Gasteiger partial charge in [-0.15, -0.1) is 0 Å². The van der Waals surface area contributed by atoms with Gasteiger partial charge in [-0.05, 0) is 44.7 Å². The first kappa shape index (κ1) is 13.1. The molecule has 1 aromatic rings. The predicted octanol–water partition coefficient (Wildman–Crippen LogP) is 2.29. The molecule has 0 bridgehead atoms. The molecule has 1 atom stereocenters. The monoisotopic (exact) mass is 251 g/mol. The summed E-state index contributed by atoms with van der Waals surface area (Å²) in [5.41, 5.74) is -0.622. The van der Waals surface area contributed by atoms with Crippen LogP contribution in [-0.2, 0) is 16.0 Å². The topological polar surface area (TPSA) is 51.5 Å². The number of hydrogen-bond acceptors (Lipinski definition) is 3. The van der Waals surface area contributed by atoms with Gasteiger partial charge in [-0.2, -0.15) is 0 Å². The van der Waals surface area contributed by atoms with Gasteiger partial charge < -0.3 is 14.5 Å². The molecule has 1 fully saturated rings. The van der Waals surface area contributed by atoms with Gasteiger partial charge in [0.25, 0.3) is 5.91 Å². The molecular formula is C14H21NO3. The van der Waals surface area contributed by atoms with E-state index < -0.39 is 5.60 Å². The van der Waals surface area contributed by atoms with Gasteiger partial charge in [-0.3, -0.25) is 4.79 Å². The Hall–Kier alpha value is -1.29. The van der Waals surface area contributed by atoms with Crippen molar-refractivity contribution in [3.8, 4) is 0 Å². The second-order valence-corrected chi connectivity index (χ2v) is 4.98. The van der Waals surface area contributed by atoms with Crippen molar-refractivity contribution in [3.63, 3.8) is 0 Å². The first-order valence-corrected chi connectivity index (χ1v) is 6.65. The van der Waals surface area contributed by atoms with Crippen molar-refractivity contribution in [3.05, 3.63) is 24.2 Å². The molecular weight excluding hydrogens is 230 g/mol. The molecule has 4 heteroatoms. The van der Waals surface area contributed by atoms with Crippen LogP contribution in [0.1, 0.15) is 38.4 Å². The zero-order valence-corrected chi connectivity index (χ0v) is 10.9. The largest absolute Gasteiger partial charge is 0.469 e. The van der Waals surface area contributed by atoms with Crippen molar-refractivity contribution >= 4 is 5.91 Å². The van der Waals surface area contributed by atoms with E-state index in [0.717, 1.165) is 37.9 Å². The molecule has 100 valence electrons. The van der Waals surface area contributed by atoms with Crippen LogP contribution in [0.2, 0.25) is 0 Å². The summed E-state index contributed by atoms with van der Waals surface area (Å²) in [6.45, 7) is 3.24. The van der Waals surface area contributed by atoms with Gasteiger partial charge in [-0.1, -0.05) is 0 Å². The lowest BCUT2D eigenvalue weighted by molar-refractivity contribution is -0.150. The van der Waals surface area contributed by atoms with Crippen molar-refractivity contribution in [2.45, 2.75) is 44.6 Å². The third-order valence-corrected chi connectivity index (χ3v) is 3.41. The maximum Gasteiger partial charge on any atom is 0.251 e. The summed E-state index contributed by atoms with van der Waals surface area (Å²) in [5.74, 6) is 0.978. The first-order chi connectivity index (χ1) is 8.71. The number of amides is 1. The summed E-state index contributed by atoms with van der Waals surface area (Å²) in [4.78, 5) is 12.0. The van der Waals surface area contributed by atoms with E-state index in [4.69, 9.17) is 9.15 Å². The van der Waals surface area contributed by atoms with Crippen molar-refractivity contribution in [2.75, 3.05) is 13.2 Å². The Kier molecular flexibility index (Phi) is 4.42. The number of nitrogens with one attached hydrogen (secondary N) is 1. The number of carbonyl (C=O) groups is 1. The molecule has 18 heavy (non-hydrogen) atoms. The minimum absolute atomic E-state index is 0.0154. The van der Waals surface area contributed by atoms with Crippen LogP contribution in [0.3, 0.4) is 0 Å². The van der Waals surface area contributed by atoms with E-state index in [-0.39, 0.29) is 5.91 Å². The normalized spacial score (nSPS) is 23.8. The lowest BCUT2D eigenvalue weighted by Crippen LogP contribution is -2.48. The summed E-state index contributed by atoms with van der Waals surface area (Å²) in [7, 11) is 0. The van der Waals surface area contributed by atoms with E-state index in [1.807, 2.05) is 19.1 Å². The Morgan fingerprint density at radius 3 is 3.06 bits per heavy atom. The smallest absolute Gasteiger partial charge is 0.251 e. The minimum Gasteiger partial charge on any atom is -0.469 e.